The molecular formula is C27H27Cl3N2O2. The standard InChI is InChI=1S/C27H27Cl3N2O2/c1-2-14-31-27(34)25(16-19-8-4-3-5-9-19)32(18-21-10-6-7-11-22(21)28)26(33)17-20-12-13-23(29)24(30)15-20/h3-13,15,25H,2,14,16-18H2,1H3,(H,31,34)/t25-/m1/s1. The molecule has 0 aliphatic rings. The van der Waals surface area contributed by atoms with Gasteiger partial charge in [0.05, 0.1) is 16.5 Å². The molecule has 0 radical (unpaired) electrons. The van der Waals surface area contributed by atoms with Crippen molar-refractivity contribution in [1.82, 2.24) is 10.2 Å². The van der Waals surface area contributed by atoms with Crippen molar-refractivity contribution in [3.63, 3.8) is 0 Å². The van der Waals surface area contributed by atoms with Gasteiger partial charge in [0.2, 0.25) is 11.8 Å². The zero-order chi connectivity index (χ0) is 24.5. The van der Waals surface area contributed by atoms with E-state index in [2.05, 4.69) is 5.32 Å². The number of hydrogen-bond donors (Lipinski definition) is 1. The Bertz CT molecular complexity index is 1120. The molecule has 1 atom stereocenters. The number of nitrogens with zero attached hydrogens (tertiary/aromatic N) is 1. The summed E-state index contributed by atoms with van der Waals surface area (Å²) in [6.45, 7) is 2.73. The van der Waals surface area contributed by atoms with Crippen LogP contribution in [0.3, 0.4) is 0 Å². The van der Waals surface area contributed by atoms with Crippen LogP contribution in [0.1, 0.15) is 30.0 Å². The molecule has 0 bridgehead atoms. The lowest BCUT2D eigenvalue weighted by Crippen LogP contribution is -2.51. The van der Waals surface area contributed by atoms with Gasteiger partial charge in [-0.3, -0.25) is 9.59 Å². The van der Waals surface area contributed by atoms with E-state index in [1.54, 1.807) is 29.2 Å². The Hall–Kier alpha value is -2.53. The second kappa shape index (κ2) is 12.8. The molecule has 0 spiro atoms. The molecule has 0 heterocycles. The van der Waals surface area contributed by atoms with Crippen LogP contribution in [0.4, 0.5) is 0 Å². The molecule has 4 nitrogen and oxygen atoms in total. The minimum Gasteiger partial charge on any atom is -0.354 e. The van der Waals surface area contributed by atoms with Crippen LogP contribution in [0.2, 0.25) is 15.1 Å². The lowest BCUT2D eigenvalue weighted by atomic mass is 10.0. The number of carbonyl (C=O) groups is 2. The third-order valence-electron chi connectivity index (χ3n) is 5.46. The molecule has 3 rings (SSSR count). The van der Waals surface area contributed by atoms with Crippen LogP contribution in [0.15, 0.2) is 72.8 Å². The fourth-order valence-electron chi connectivity index (χ4n) is 3.66. The SMILES string of the molecule is CCCNC(=O)[C@@H](Cc1ccccc1)N(Cc1ccccc1Cl)C(=O)Cc1ccc(Cl)c(Cl)c1. The van der Waals surface area contributed by atoms with Gasteiger partial charge in [-0.25, -0.2) is 0 Å². The Labute approximate surface area is 215 Å². The monoisotopic (exact) mass is 516 g/mol. The molecule has 0 saturated heterocycles. The van der Waals surface area contributed by atoms with Crippen LogP contribution in [0.25, 0.3) is 0 Å². The molecule has 3 aromatic carbocycles. The first-order chi connectivity index (χ1) is 16.4. The van der Waals surface area contributed by atoms with Crippen molar-refractivity contribution >= 4 is 46.6 Å². The van der Waals surface area contributed by atoms with E-state index in [0.29, 0.717) is 28.0 Å². The Morgan fingerprint density at radius 2 is 1.56 bits per heavy atom. The first-order valence-electron chi connectivity index (χ1n) is 11.2. The average Bonchev–Trinajstić information content (AvgIpc) is 2.83. The Morgan fingerprint density at radius 3 is 2.24 bits per heavy atom. The normalized spacial score (nSPS) is 11.6. The fourth-order valence-corrected chi connectivity index (χ4v) is 4.17. The molecule has 0 aromatic heterocycles. The van der Waals surface area contributed by atoms with Gasteiger partial charge in [0.25, 0.3) is 0 Å². The van der Waals surface area contributed by atoms with E-state index < -0.39 is 6.04 Å². The summed E-state index contributed by atoms with van der Waals surface area (Å²) in [4.78, 5) is 28.6. The highest BCUT2D eigenvalue weighted by Gasteiger charge is 2.30. The minimum absolute atomic E-state index is 0.0771. The number of hydrogen-bond acceptors (Lipinski definition) is 2. The van der Waals surface area contributed by atoms with Gasteiger partial charge in [0.15, 0.2) is 0 Å². The lowest BCUT2D eigenvalue weighted by Gasteiger charge is -2.32. The third-order valence-corrected chi connectivity index (χ3v) is 6.57. The van der Waals surface area contributed by atoms with Crippen LogP contribution in [-0.4, -0.2) is 29.3 Å². The number of carbonyl (C=O) groups excluding carboxylic acids is 2. The average molecular weight is 518 g/mol. The molecule has 0 aliphatic heterocycles. The van der Waals surface area contributed by atoms with Gasteiger partial charge in [-0.15, -0.1) is 0 Å². The molecule has 0 unspecified atom stereocenters. The third kappa shape index (κ3) is 7.23. The van der Waals surface area contributed by atoms with Crippen LogP contribution < -0.4 is 5.32 Å². The number of halogens is 3. The van der Waals surface area contributed by atoms with Gasteiger partial charge in [-0.1, -0.05) is 96.3 Å². The molecule has 7 heteroatoms. The van der Waals surface area contributed by atoms with E-state index >= 15 is 0 Å². The van der Waals surface area contributed by atoms with E-state index in [9.17, 15) is 9.59 Å². The summed E-state index contributed by atoms with van der Waals surface area (Å²) < 4.78 is 0. The molecular weight excluding hydrogens is 491 g/mol. The van der Waals surface area contributed by atoms with Crippen molar-refractivity contribution < 1.29 is 9.59 Å². The highest BCUT2D eigenvalue weighted by Crippen LogP contribution is 2.25. The first kappa shape index (κ1) is 26.1. The van der Waals surface area contributed by atoms with Crippen LogP contribution in [0, 0.1) is 0 Å². The molecule has 0 fully saturated rings. The molecule has 0 saturated carbocycles. The highest BCUT2D eigenvalue weighted by molar-refractivity contribution is 6.42. The van der Waals surface area contributed by atoms with Crippen molar-refractivity contribution in [2.45, 2.75) is 38.8 Å². The Balaban J connectivity index is 1.97. The predicted octanol–water partition coefficient (Wildman–Crippen LogP) is 6.36. The number of amides is 2. The highest BCUT2D eigenvalue weighted by atomic mass is 35.5. The quantitative estimate of drug-likeness (QED) is 0.340. The van der Waals surface area contributed by atoms with Crippen molar-refractivity contribution in [2.24, 2.45) is 0 Å². The Kier molecular flexibility index (Phi) is 9.82. The summed E-state index contributed by atoms with van der Waals surface area (Å²) in [5, 5.41) is 4.31. The van der Waals surface area contributed by atoms with Crippen LogP contribution in [-0.2, 0) is 29.0 Å². The van der Waals surface area contributed by atoms with E-state index in [1.165, 1.54) is 0 Å². The zero-order valence-corrected chi connectivity index (χ0v) is 21.2. The summed E-state index contributed by atoms with van der Waals surface area (Å²) in [5.74, 6) is -0.397. The molecule has 3 aromatic rings. The van der Waals surface area contributed by atoms with E-state index in [4.69, 9.17) is 34.8 Å². The number of nitrogens with one attached hydrogen (secondary N) is 1. The number of benzene rings is 3. The maximum atomic E-state index is 13.7. The maximum Gasteiger partial charge on any atom is 0.243 e. The van der Waals surface area contributed by atoms with Crippen molar-refractivity contribution in [1.29, 1.82) is 0 Å². The van der Waals surface area contributed by atoms with E-state index in [-0.39, 0.29) is 24.8 Å². The van der Waals surface area contributed by atoms with Gasteiger partial charge in [-0.05, 0) is 41.3 Å². The summed E-state index contributed by atoms with van der Waals surface area (Å²) in [5.41, 5.74) is 2.45. The second-order valence-electron chi connectivity index (χ2n) is 8.03. The maximum absolute atomic E-state index is 13.7. The van der Waals surface area contributed by atoms with Gasteiger partial charge in [0, 0.05) is 24.5 Å². The molecule has 1 N–H and O–H groups in total. The van der Waals surface area contributed by atoms with Crippen molar-refractivity contribution in [2.75, 3.05) is 6.54 Å². The lowest BCUT2D eigenvalue weighted by molar-refractivity contribution is -0.140. The summed E-state index contributed by atoms with van der Waals surface area (Å²) in [6.07, 6.45) is 1.26. The van der Waals surface area contributed by atoms with Gasteiger partial charge in [0.1, 0.15) is 6.04 Å². The van der Waals surface area contributed by atoms with Gasteiger partial charge < -0.3 is 10.2 Å². The summed E-state index contributed by atoms with van der Waals surface area (Å²) >= 11 is 18.6. The smallest absolute Gasteiger partial charge is 0.243 e. The molecule has 178 valence electrons. The zero-order valence-electron chi connectivity index (χ0n) is 18.9. The largest absolute Gasteiger partial charge is 0.354 e. The van der Waals surface area contributed by atoms with Crippen LogP contribution >= 0.6 is 34.8 Å². The van der Waals surface area contributed by atoms with Gasteiger partial charge >= 0.3 is 0 Å². The van der Waals surface area contributed by atoms with Crippen molar-refractivity contribution in [3.8, 4) is 0 Å². The topological polar surface area (TPSA) is 49.4 Å². The summed E-state index contributed by atoms with van der Waals surface area (Å²) in [7, 11) is 0. The van der Waals surface area contributed by atoms with E-state index in [0.717, 1.165) is 23.1 Å². The fraction of sp³-hybridized carbons (Fsp3) is 0.259. The van der Waals surface area contributed by atoms with Gasteiger partial charge in [-0.2, -0.15) is 0 Å². The molecule has 2 amide bonds. The molecule has 0 aliphatic carbocycles. The van der Waals surface area contributed by atoms with Crippen LogP contribution in [0.5, 0.6) is 0 Å². The minimum atomic E-state index is -0.708. The van der Waals surface area contributed by atoms with E-state index in [1.807, 2.05) is 55.5 Å². The Morgan fingerprint density at radius 1 is 0.853 bits per heavy atom. The first-order valence-corrected chi connectivity index (χ1v) is 12.3. The van der Waals surface area contributed by atoms with Crippen molar-refractivity contribution in [3.05, 3.63) is 105 Å². The summed E-state index contributed by atoms with van der Waals surface area (Å²) in [6, 6.07) is 21.4. The second-order valence-corrected chi connectivity index (χ2v) is 9.26. The number of rotatable bonds is 10. The molecule has 34 heavy (non-hydrogen) atoms. The predicted molar refractivity (Wildman–Crippen MR) is 139 cm³/mol.